The molecule has 0 spiro atoms. The molecule has 0 aliphatic heterocycles. The molecule has 1 aliphatic rings. The van der Waals surface area contributed by atoms with Crippen molar-refractivity contribution in [3.05, 3.63) is 11.9 Å². The van der Waals surface area contributed by atoms with Gasteiger partial charge in [0.2, 0.25) is 0 Å². The molecule has 1 saturated carbocycles. The summed E-state index contributed by atoms with van der Waals surface area (Å²) < 4.78 is 7.60. The minimum absolute atomic E-state index is 0.379. The first-order chi connectivity index (χ1) is 9.17. The minimum Gasteiger partial charge on any atom is -0.493 e. The Morgan fingerprint density at radius 2 is 2.26 bits per heavy atom. The van der Waals surface area contributed by atoms with Crippen molar-refractivity contribution in [2.45, 2.75) is 32.4 Å². The molecule has 1 heterocycles. The van der Waals surface area contributed by atoms with Crippen molar-refractivity contribution < 1.29 is 4.74 Å². The van der Waals surface area contributed by atoms with Crippen LogP contribution in [-0.2, 0) is 6.54 Å². The Morgan fingerprint density at radius 3 is 2.79 bits per heavy atom. The summed E-state index contributed by atoms with van der Waals surface area (Å²) in [5, 5.41) is 8.09. The SMILES string of the molecule is CCNC(c1c(OC)cnn1CCN(C)C)C1CC1. The smallest absolute Gasteiger partial charge is 0.161 e. The van der Waals surface area contributed by atoms with Gasteiger partial charge in [-0.1, -0.05) is 6.92 Å². The molecule has 1 unspecified atom stereocenters. The molecule has 19 heavy (non-hydrogen) atoms. The highest BCUT2D eigenvalue weighted by Crippen LogP contribution is 2.43. The van der Waals surface area contributed by atoms with E-state index in [4.69, 9.17) is 4.74 Å². The normalized spacial score (nSPS) is 16.9. The quantitative estimate of drug-likeness (QED) is 0.774. The molecule has 1 aromatic heterocycles. The van der Waals surface area contributed by atoms with Crippen molar-refractivity contribution in [1.29, 1.82) is 0 Å². The molecule has 1 N–H and O–H groups in total. The van der Waals surface area contributed by atoms with Gasteiger partial charge in [-0.2, -0.15) is 5.10 Å². The van der Waals surface area contributed by atoms with Crippen molar-refractivity contribution >= 4 is 0 Å². The van der Waals surface area contributed by atoms with Crippen LogP contribution in [0, 0.1) is 5.92 Å². The van der Waals surface area contributed by atoms with E-state index < -0.39 is 0 Å². The van der Waals surface area contributed by atoms with Crippen molar-refractivity contribution in [2.75, 3.05) is 34.3 Å². The largest absolute Gasteiger partial charge is 0.493 e. The molecule has 1 aliphatic carbocycles. The average molecular weight is 266 g/mol. The summed E-state index contributed by atoms with van der Waals surface area (Å²) in [6.07, 6.45) is 4.46. The number of aromatic nitrogens is 2. The van der Waals surface area contributed by atoms with E-state index in [1.807, 2.05) is 6.20 Å². The fourth-order valence-electron chi connectivity index (χ4n) is 2.46. The Labute approximate surface area is 115 Å². The number of rotatable bonds is 8. The summed E-state index contributed by atoms with van der Waals surface area (Å²) in [6, 6.07) is 0.379. The molecule has 0 radical (unpaired) electrons. The summed E-state index contributed by atoms with van der Waals surface area (Å²) in [5.74, 6) is 1.65. The monoisotopic (exact) mass is 266 g/mol. The maximum atomic E-state index is 5.50. The minimum atomic E-state index is 0.379. The van der Waals surface area contributed by atoms with E-state index in [9.17, 15) is 0 Å². The van der Waals surface area contributed by atoms with E-state index in [0.717, 1.165) is 31.3 Å². The first kappa shape index (κ1) is 14.3. The molecule has 0 aromatic carbocycles. The highest BCUT2D eigenvalue weighted by atomic mass is 16.5. The van der Waals surface area contributed by atoms with Crippen molar-refractivity contribution in [3.63, 3.8) is 0 Å². The van der Waals surface area contributed by atoms with Crippen LogP contribution >= 0.6 is 0 Å². The third kappa shape index (κ3) is 3.48. The van der Waals surface area contributed by atoms with Crippen LogP contribution in [0.2, 0.25) is 0 Å². The Balaban J connectivity index is 2.20. The standard InChI is InChI=1S/C14H26N4O/c1-5-15-13(11-6-7-11)14-12(19-4)10-16-18(14)9-8-17(2)3/h10-11,13,15H,5-9H2,1-4H3. The lowest BCUT2D eigenvalue weighted by Gasteiger charge is -2.21. The number of ether oxygens (including phenoxy) is 1. The molecule has 2 rings (SSSR count). The first-order valence-electron chi connectivity index (χ1n) is 7.15. The molecule has 1 aromatic rings. The zero-order valence-electron chi connectivity index (χ0n) is 12.5. The Morgan fingerprint density at radius 1 is 1.53 bits per heavy atom. The van der Waals surface area contributed by atoms with Gasteiger partial charge in [-0.05, 0) is 39.4 Å². The van der Waals surface area contributed by atoms with Gasteiger partial charge in [0.25, 0.3) is 0 Å². The zero-order chi connectivity index (χ0) is 13.8. The van der Waals surface area contributed by atoms with Crippen molar-refractivity contribution in [2.24, 2.45) is 5.92 Å². The molecule has 0 bridgehead atoms. The summed E-state index contributed by atoms with van der Waals surface area (Å²) in [6.45, 7) is 5.02. The van der Waals surface area contributed by atoms with Crippen LogP contribution in [0.1, 0.15) is 31.5 Å². The van der Waals surface area contributed by atoms with Crippen LogP contribution in [0.3, 0.4) is 0 Å². The van der Waals surface area contributed by atoms with E-state index in [1.54, 1.807) is 7.11 Å². The lowest BCUT2D eigenvalue weighted by molar-refractivity contribution is 0.348. The van der Waals surface area contributed by atoms with Gasteiger partial charge >= 0.3 is 0 Å². The number of hydrogen-bond donors (Lipinski definition) is 1. The third-order valence-corrected chi connectivity index (χ3v) is 3.64. The molecule has 1 fully saturated rings. The van der Waals surface area contributed by atoms with E-state index >= 15 is 0 Å². The molecular weight excluding hydrogens is 240 g/mol. The van der Waals surface area contributed by atoms with E-state index in [1.165, 1.54) is 18.5 Å². The molecule has 5 nitrogen and oxygen atoms in total. The number of likely N-dealkylation sites (N-methyl/N-ethyl adjacent to an activating group) is 1. The molecule has 0 amide bonds. The molecule has 1 atom stereocenters. The van der Waals surface area contributed by atoms with Crippen LogP contribution in [0.25, 0.3) is 0 Å². The van der Waals surface area contributed by atoms with Gasteiger partial charge < -0.3 is 15.0 Å². The Bertz CT molecular complexity index is 398. The summed E-state index contributed by atoms with van der Waals surface area (Å²) in [7, 11) is 5.90. The number of nitrogens with one attached hydrogen (secondary N) is 1. The third-order valence-electron chi connectivity index (χ3n) is 3.64. The van der Waals surface area contributed by atoms with E-state index in [0.29, 0.717) is 6.04 Å². The molecule has 0 saturated heterocycles. The van der Waals surface area contributed by atoms with Gasteiger partial charge in [0, 0.05) is 6.54 Å². The fourth-order valence-corrected chi connectivity index (χ4v) is 2.46. The van der Waals surface area contributed by atoms with Gasteiger partial charge in [-0.15, -0.1) is 0 Å². The van der Waals surface area contributed by atoms with E-state index in [2.05, 4.69) is 41.0 Å². The highest BCUT2D eigenvalue weighted by molar-refractivity contribution is 5.30. The number of nitrogens with zero attached hydrogens (tertiary/aromatic N) is 3. The predicted molar refractivity (Wildman–Crippen MR) is 76.5 cm³/mol. The predicted octanol–water partition coefficient (Wildman–Crippen LogP) is 1.51. The van der Waals surface area contributed by atoms with Crippen LogP contribution in [0.15, 0.2) is 6.20 Å². The lowest BCUT2D eigenvalue weighted by Crippen LogP contribution is -2.28. The summed E-state index contributed by atoms with van der Waals surface area (Å²) in [4.78, 5) is 2.18. The van der Waals surface area contributed by atoms with Gasteiger partial charge in [-0.3, -0.25) is 4.68 Å². The van der Waals surface area contributed by atoms with Gasteiger partial charge in [0.05, 0.1) is 31.6 Å². The van der Waals surface area contributed by atoms with Gasteiger partial charge in [-0.25, -0.2) is 0 Å². The van der Waals surface area contributed by atoms with Crippen LogP contribution in [-0.4, -0.2) is 49.0 Å². The topological polar surface area (TPSA) is 42.3 Å². The van der Waals surface area contributed by atoms with Crippen LogP contribution in [0.4, 0.5) is 0 Å². The van der Waals surface area contributed by atoms with Gasteiger partial charge in [0.15, 0.2) is 5.75 Å². The van der Waals surface area contributed by atoms with Crippen molar-refractivity contribution in [3.8, 4) is 5.75 Å². The Hall–Kier alpha value is -1.07. The zero-order valence-corrected chi connectivity index (χ0v) is 12.5. The molecule has 5 heteroatoms. The second kappa shape index (κ2) is 6.39. The number of hydrogen-bond acceptors (Lipinski definition) is 4. The summed E-state index contributed by atoms with van der Waals surface area (Å²) in [5.41, 5.74) is 1.22. The van der Waals surface area contributed by atoms with Crippen LogP contribution in [0.5, 0.6) is 5.75 Å². The molecule has 108 valence electrons. The van der Waals surface area contributed by atoms with Crippen LogP contribution < -0.4 is 10.1 Å². The second-order valence-corrected chi connectivity index (χ2v) is 5.50. The highest BCUT2D eigenvalue weighted by Gasteiger charge is 2.35. The number of methoxy groups -OCH3 is 1. The second-order valence-electron chi connectivity index (χ2n) is 5.50. The van der Waals surface area contributed by atoms with Gasteiger partial charge in [0.1, 0.15) is 0 Å². The summed E-state index contributed by atoms with van der Waals surface area (Å²) >= 11 is 0. The van der Waals surface area contributed by atoms with Crippen molar-refractivity contribution in [1.82, 2.24) is 20.0 Å². The fraction of sp³-hybridized carbons (Fsp3) is 0.786. The Kier molecular flexibility index (Phi) is 4.82. The maximum absolute atomic E-state index is 5.50. The lowest BCUT2D eigenvalue weighted by atomic mass is 10.1. The average Bonchev–Trinajstić information content (AvgIpc) is 3.14. The maximum Gasteiger partial charge on any atom is 0.161 e. The molecular formula is C14H26N4O. The first-order valence-corrected chi connectivity index (χ1v) is 7.15. The van der Waals surface area contributed by atoms with E-state index in [-0.39, 0.29) is 0 Å².